The lowest BCUT2D eigenvalue weighted by atomic mass is 10.2. The normalized spacial score (nSPS) is 11.0. The summed E-state index contributed by atoms with van der Waals surface area (Å²) in [5.74, 6) is 0. The molecule has 0 bridgehead atoms. The van der Waals surface area contributed by atoms with E-state index >= 15 is 0 Å². The van der Waals surface area contributed by atoms with E-state index in [9.17, 15) is 13.2 Å². The van der Waals surface area contributed by atoms with Crippen molar-refractivity contribution in [2.75, 3.05) is 4.72 Å². The number of hydrogen-bond donors (Lipinski definition) is 1. The molecule has 0 aliphatic rings. The zero-order valence-corrected chi connectivity index (χ0v) is 11.1. The number of sulfonamides is 1. The maximum atomic E-state index is 12.1. The van der Waals surface area contributed by atoms with Gasteiger partial charge in [0.2, 0.25) is 0 Å². The first kappa shape index (κ1) is 13.3. The SMILES string of the molecule is Cc1cccc(S(=O)(=O)Nc2ccc(C=O)cc2)c1. The van der Waals surface area contributed by atoms with E-state index in [0.29, 0.717) is 17.5 Å². The molecule has 0 radical (unpaired) electrons. The largest absolute Gasteiger partial charge is 0.298 e. The third kappa shape index (κ3) is 3.20. The first-order chi connectivity index (χ1) is 9.01. The molecule has 0 atom stereocenters. The Kier molecular flexibility index (Phi) is 3.66. The Hall–Kier alpha value is -2.14. The van der Waals surface area contributed by atoms with E-state index in [1.807, 2.05) is 13.0 Å². The average molecular weight is 275 g/mol. The van der Waals surface area contributed by atoms with E-state index in [-0.39, 0.29) is 4.90 Å². The van der Waals surface area contributed by atoms with Gasteiger partial charge in [-0.25, -0.2) is 8.42 Å². The van der Waals surface area contributed by atoms with Gasteiger partial charge in [-0.2, -0.15) is 0 Å². The predicted octanol–water partition coefficient (Wildman–Crippen LogP) is 2.61. The summed E-state index contributed by atoms with van der Waals surface area (Å²) in [5.41, 5.74) is 1.80. The van der Waals surface area contributed by atoms with Crippen LogP contribution < -0.4 is 4.72 Å². The van der Waals surface area contributed by atoms with Crippen LogP contribution in [-0.2, 0) is 10.0 Å². The molecule has 98 valence electrons. The van der Waals surface area contributed by atoms with Crippen LogP contribution in [0.15, 0.2) is 53.4 Å². The Balaban J connectivity index is 2.28. The molecule has 5 heteroatoms. The predicted molar refractivity (Wildman–Crippen MR) is 73.8 cm³/mol. The number of carbonyl (C=O) groups is 1. The summed E-state index contributed by atoms with van der Waals surface area (Å²) in [7, 11) is -3.59. The van der Waals surface area contributed by atoms with Crippen molar-refractivity contribution in [3.63, 3.8) is 0 Å². The van der Waals surface area contributed by atoms with E-state index in [4.69, 9.17) is 0 Å². The van der Waals surface area contributed by atoms with Crippen molar-refractivity contribution in [3.8, 4) is 0 Å². The lowest BCUT2D eigenvalue weighted by molar-refractivity contribution is 0.112. The first-order valence-corrected chi connectivity index (χ1v) is 7.14. The number of aryl methyl sites for hydroxylation is 1. The molecular weight excluding hydrogens is 262 g/mol. The maximum Gasteiger partial charge on any atom is 0.261 e. The number of carbonyl (C=O) groups excluding carboxylic acids is 1. The summed E-state index contributed by atoms with van der Waals surface area (Å²) in [5, 5.41) is 0. The molecule has 0 amide bonds. The lowest BCUT2D eigenvalue weighted by Crippen LogP contribution is -2.13. The number of anilines is 1. The highest BCUT2D eigenvalue weighted by molar-refractivity contribution is 7.92. The molecule has 19 heavy (non-hydrogen) atoms. The average Bonchev–Trinajstić information content (AvgIpc) is 2.39. The summed E-state index contributed by atoms with van der Waals surface area (Å²) in [6.45, 7) is 1.83. The number of hydrogen-bond acceptors (Lipinski definition) is 3. The molecule has 0 aromatic heterocycles. The fourth-order valence-electron chi connectivity index (χ4n) is 1.63. The van der Waals surface area contributed by atoms with Gasteiger partial charge in [-0.05, 0) is 48.9 Å². The maximum absolute atomic E-state index is 12.1. The minimum Gasteiger partial charge on any atom is -0.298 e. The summed E-state index contributed by atoms with van der Waals surface area (Å²) in [4.78, 5) is 10.7. The van der Waals surface area contributed by atoms with Gasteiger partial charge in [0, 0.05) is 11.3 Å². The van der Waals surface area contributed by atoms with Crippen LogP contribution in [-0.4, -0.2) is 14.7 Å². The lowest BCUT2D eigenvalue weighted by Gasteiger charge is -2.08. The summed E-state index contributed by atoms with van der Waals surface area (Å²) < 4.78 is 26.7. The van der Waals surface area contributed by atoms with E-state index in [1.54, 1.807) is 36.4 Å². The number of benzene rings is 2. The molecule has 2 rings (SSSR count). The van der Waals surface area contributed by atoms with Crippen molar-refractivity contribution in [1.29, 1.82) is 0 Å². The van der Waals surface area contributed by atoms with Crippen molar-refractivity contribution in [1.82, 2.24) is 0 Å². The quantitative estimate of drug-likeness (QED) is 0.872. The third-order valence-corrected chi connectivity index (χ3v) is 3.98. The Morgan fingerprint density at radius 3 is 2.32 bits per heavy atom. The molecule has 0 fully saturated rings. The van der Waals surface area contributed by atoms with Crippen LogP contribution in [0.25, 0.3) is 0 Å². The third-order valence-electron chi connectivity index (χ3n) is 2.60. The first-order valence-electron chi connectivity index (χ1n) is 5.66. The fourth-order valence-corrected chi connectivity index (χ4v) is 2.79. The van der Waals surface area contributed by atoms with E-state index in [1.165, 1.54) is 6.07 Å². The van der Waals surface area contributed by atoms with Gasteiger partial charge in [0.15, 0.2) is 0 Å². The molecule has 2 aromatic rings. The zero-order valence-electron chi connectivity index (χ0n) is 10.3. The Bertz CT molecular complexity index is 691. The molecule has 0 heterocycles. The molecule has 1 N–H and O–H groups in total. The monoisotopic (exact) mass is 275 g/mol. The molecule has 4 nitrogen and oxygen atoms in total. The number of aldehydes is 1. The minimum absolute atomic E-state index is 0.215. The van der Waals surface area contributed by atoms with E-state index in [0.717, 1.165) is 5.56 Å². The van der Waals surface area contributed by atoms with Crippen LogP contribution in [0.1, 0.15) is 15.9 Å². The number of rotatable bonds is 4. The van der Waals surface area contributed by atoms with Gasteiger partial charge >= 0.3 is 0 Å². The van der Waals surface area contributed by atoms with Gasteiger partial charge < -0.3 is 0 Å². The Morgan fingerprint density at radius 2 is 1.74 bits per heavy atom. The van der Waals surface area contributed by atoms with Gasteiger partial charge in [-0.3, -0.25) is 9.52 Å². The molecule has 0 aliphatic heterocycles. The van der Waals surface area contributed by atoms with Crippen molar-refractivity contribution in [2.45, 2.75) is 11.8 Å². The topological polar surface area (TPSA) is 63.2 Å². The Morgan fingerprint density at radius 1 is 1.05 bits per heavy atom. The molecule has 0 unspecified atom stereocenters. The summed E-state index contributed by atoms with van der Waals surface area (Å²) >= 11 is 0. The van der Waals surface area contributed by atoms with Crippen LogP contribution in [0.2, 0.25) is 0 Å². The van der Waals surface area contributed by atoms with E-state index in [2.05, 4.69) is 4.72 Å². The molecule has 0 saturated carbocycles. The standard InChI is InChI=1S/C14H13NO3S/c1-11-3-2-4-14(9-11)19(17,18)15-13-7-5-12(10-16)6-8-13/h2-10,15H,1H3. The van der Waals surface area contributed by atoms with Crippen LogP contribution in [0.4, 0.5) is 5.69 Å². The molecule has 0 aliphatic carbocycles. The van der Waals surface area contributed by atoms with Gasteiger partial charge in [0.25, 0.3) is 10.0 Å². The molecule has 0 spiro atoms. The molecule has 2 aromatic carbocycles. The number of nitrogens with one attached hydrogen (secondary N) is 1. The smallest absolute Gasteiger partial charge is 0.261 e. The van der Waals surface area contributed by atoms with Crippen molar-refractivity contribution in [3.05, 3.63) is 59.7 Å². The molecule has 0 saturated heterocycles. The minimum atomic E-state index is -3.59. The highest BCUT2D eigenvalue weighted by Gasteiger charge is 2.13. The highest BCUT2D eigenvalue weighted by Crippen LogP contribution is 2.17. The van der Waals surface area contributed by atoms with Gasteiger partial charge in [0.1, 0.15) is 6.29 Å². The van der Waals surface area contributed by atoms with Gasteiger partial charge in [0.05, 0.1) is 4.90 Å². The van der Waals surface area contributed by atoms with E-state index < -0.39 is 10.0 Å². The van der Waals surface area contributed by atoms with Crippen molar-refractivity contribution >= 4 is 22.0 Å². The summed E-state index contributed by atoms with van der Waals surface area (Å²) in [6, 6.07) is 12.9. The van der Waals surface area contributed by atoms with Crippen LogP contribution in [0, 0.1) is 6.92 Å². The summed E-state index contributed by atoms with van der Waals surface area (Å²) in [6.07, 6.45) is 0.707. The van der Waals surface area contributed by atoms with Crippen molar-refractivity contribution < 1.29 is 13.2 Å². The van der Waals surface area contributed by atoms with Gasteiger partial charge in [-0.15, -0.1) is 0 Å². The second kappa shape index (κ2) is 5.24. The second-order valence-electron chi connectivity index (χ2n) is 4.16. The zero-order chi connectivity index (χ0) is 13.9. The highest BCUT2D eigenvalue weighted by atomic mass is 32.2. The second-order valence-corrected chi connectivity index (χ2v) is 5.84. The van der Waals surface area contributed by atoms with Gasteiger partial charge in [-0.1, -0.05) is 12.1 Å². The fraction of sp³-hybridized carbons (Fsp3) is 0.0714. The van der Waals surface area contributed by atoms with Crippen LogP contribution >= 0.6 is 0 Å². The Labute approximate surface area is 112 Å². The van der Waals surface area contributed by atoms with Crippen LogP contribution in [0.3, 0.4) is 0 Å². The van der Waals surface area contributed by atoms with Crippen LogP contribution in [0.5, 0.6) is 0 Å². The molecular formula is C14H13NO3S. The van der Waals surface area contributed by atoms with Crippen molar-refractivity contribution in [2.24, 2.45) is 0 Å².